The van der Waals surface area contributed by atoms with Gasteiger partial charge in [-0.2, -0.15) is 10.2 Å². The van der Waals surface area contributed by atoms with Crippen molar-refractivity contribution in [3.63, 3.8) is 0 Å². The van der Waals surface area contributed by atoms with Gasteiger partial charge in [0.25, 0.3) is 0 Å². The molecule has 0 unspecified atom stereocenters. The van der Waals surface area contributed by atoms with Gasteiger partial charge in [-0.3, -0.25) is 14.9 Å². The Morgan fingerprint density at radius 3 is 2.30 bits per heavy atom. The first-order valence-electron chi connectivity index (χ1n) is 9.01. The van der Waals surface area contributed by atoms with Crippen molar-refractivity contribution < 1.29 is 14.5 Å². The van der Waals surface area contributed by atoms with Crippen LogP contribution in [-0.4, -0.2) is 15.7 Å². The van der Waals surface area contributed by atoms with Gasteiger partial charge in [0, 0.05) is 23.4 Å². The van der Waals surface area contributed by atoms with Crippen LogP contribution in [-0.2, 0) is 0 Å². The van der Waals surface area contributed by atoms with Gasteiger partial charge < -0.3 is 10.1 Å². The molecule has 0 saturated heterocycles. The molecule has 8 nitrogen and oxygen atoms in total. The van der Waals surface area contributed by atoms with Crippen LogP contribution >= 0.6 is 0 Å². The van der Waals surface area contributed by atoms with E-state index >= 15 is 0 Å². The van der Waals surface area contributed by atoms with E-state index in [1.807, 2.05) is 19.9 Å². The summed E-state index contributed by atoms with van der Waals surface area (Å²) in [6, 6.07) is 14.6. The van der Waals surface area contributed by atoms with E-state index < -0.39 is 4.92 Å². The second kappa shape index (κ2) is 8.41. The van der Waals surface area contributed by atoms with Crippen LogP contribution in [0.3, 0.4) is 0 Å². The third-order valence-corrected chi connectivity index (χ3v) is 4.40. The van der Waals surface area contributed by atoms with Crippen molar-refractivity contribution in [2.75, 3.05) is 5.32 Å². The lowest BCUT2D eigenvalue weighted by Gasteiger charge is -2.13. The van der Waals surface area contributed by atoms with Crippen molar-refractivity contribution in [3.05, 3.63) is 80.9 Å². The first-order chi connectivity index (χ1) is 14.3. The van der Waals surface area contributed by atoms with Crippen LogP contribution < -0.4 is 10.1 Å². The Balaban J connectivity index is 1.95. The zero-order valence-electron chi connectivity index (χ0n) is 16.6. The molecule has 0 amide bonds. The zero-order chi connectivity index (χ0) is 21.8. The van der Waals surface area contributed by atoms with Crippen LogP contribution in [0.2, 0.25) is 0 Å². The summed E-state index contributed by atoms with van der Waals surface area (Å²) in [5, 5.41) is 23.2. The fourth-order valence-corrected chi connectivity index (χ4v) is 2.91. The van der Waals surface area contributed by atoms with E-state index in [4.69, 9.17) is 10.00 Å². The van der Waals surface area contributed by atoms with Crippen molar-refractivity contribution in [1.29, 1.82) is 5.26 Å². The topological polar surface area (TPSA) is 118 Å². The lowest BCUT2D eigenvalue weighted by Crippen LogP contribution is -2.02. The van der Waals surface area contributed by atoms with Gasteiger partial charge in [0.15, 0.2) is 5.78 Å². The Hall–Kier alpha value is -4.25. The summed E-state index contributed by atoms with van der Waals surface area (Å²) in [6.07, 6.45) is 0. The first-order valence-corrected chi connectivity index (χ1v) is 9.01. The van der Waals surface area contributed by atoms with Crippen molar-refractivity contribution in [2.45, 2.75) is 20.8 Å². The number of Topliss-reactive ketones (excluding diaryl/α,β-unsaturated/α-hetero) is 1. The van der Waals surface area contributed by atoms with Gasteiger partial charge in [0.2, 0.25) is 11.7 Å². The van der Waals surface area contributed by atoms with E-state index in [0.717, 1.165) is 11.1 Å². The van der Waals surface area contributed by atoms with Crippen LogP contribution in [0.25, 0.3) is 0 Å². The van der Waals surface area contributed by atoms with Gasteiger partial charge in [-0.15, -0.1) is 0 Å². The molecular formula is C22H18N4O4. The number of benzene rings is 2. The molecule has 1 heterocycles. The molecule has 0 fully saturated rings. The second-order valence-electron chi connectivity index (χ2n) is 6.69. The van der Waals surface area contributed by atoms with E-state index in [-0.39, 0.29) is 23.2 Å². The molecule has 8 heteroatoms. The van der Waals surface area contributed by atoms with E-state index in [0.29, 0.717) is 22.6 Å². The molecule has 1 N–H and O–H groups in total. The molecule has 0 spiro atoms. The molecule has 0 atom stereocenters. The van der Waals surface area contributed by atoms with Gasteiger partial charge in [-0.05, 0) is 68.3 Å². The molecule has 3 aromatic rings. The molecule has 0 aliphatic heterocycles. The van der Waals surface area contributed by atoms with Crippen LogP contribution in [0.15, 0.2) is 48.5 Å². The van der Waals surface area contributed by atoms with Gasteiger partial charge in [-0.25, -0.2) is 0 Å². The maximum Gasteiger partial charge on any atom is 0.311 e. The number of ketones is 1. The molecule has 2 aromatic carbocycles. The highest BCUT2D eigenvalue weighted by molar-refractivity contribution is 5.94. The molecule has 1 aromatic heterocycles. The van der Waals surface area contributed by atoms with Crippen LogP contribution in [0, 0.1) is 35.3 Å². The molecule has 30 heavy (non-hydrogen) atoms. The molecule has 0 saturated carbocycles. The number of aryl methyl sites for hydroxylation is 2. The third-order valence-electron chi connectivity index (χ3n) is 4.40. The van der Waals surface area contributed by atoms with E-state index in [9.17, 15) is 14.9 Å². The van der Waals surface area contributed by atoms with E-state index in [1.54, 1.807) is 36.4 Å². The quantitative estimate of drug-likeness (QED) is 0.341. The Labute approximate surface area is 172 Å². The van der Waals surface area contributed by atoms with E-state index in [2.05, 4.69) is 10.3 Å². The minimum atomic E-state index is -0.541. The summed E-state index contributed by atoms with van der Waals surface area (Å²) in [4.78, 5) is 26.8. The lowest BCUT2D eigenvalue weighted by atomic mass is 10.0. The van der Waals surface area contributed by atoms with Crippen molar-refractivity contribution in [1.82, 2.24) is 4.98 Å². The number of nitrogens with zero attached hydrogens (tertiary/aromatic N) is 3. The van der Waals surface area contributed by atoms with Gasteiger partial charge in [0.1, 0.15) is 5.75 Å². The second-order valence-corrected chi connectivity index (χ2v) is 6.69. The third kappa shape index (κ3) is 4.42. The number of carbonyl (C=O) groups is 1. The van der Waals surface area contributed by atoms with Gasteiger partial charge >= 0.3 is 5.69 Å². The number of carbonyl (C=O) groups excluding carboxylic acids is 1. The average molecular weight is 402 g/mol. The largest absolute Gasteiger partial charge is 0.438 e. The molecule has 0 radical (unpaired) electrons. The molecule has 0 bridgehead atoms. The van der Waals surface area contributed by atoms with Crippen LogP contribution in [0.5, 0.6) is 11.6 Å². The Morgan fingerprint density at radius 1 is 1.13 bits per heavy atom. The number of nitro groups is 1. The Morgan fingerprint density at radius 2 is 1.77 bits per heavy atom. The summed E-state index contributed by atoms with van der Waals surface area (Å²) < 4.78 is 5.90. The number of hydrogen-bond acceptors (Lipinski definition) is 7. The minimum absolute atomic E-state index is 0.0119. The highest BCUT2D eigenvalue weighted by Gasteiger charge is 2.18. The number of pyridine rings is 1. The summed E-state index contributed by atoms with van der Waals surface area (Å²) in [5.74, 6) is 0.664. The summed E-state index contributed by atoms with van der Waals surface area (Å²) in [6.45, 7) is 5.12. The van der Waals surface area contributed by atoms with E-state index in [1.165, 1.54) is 19.1 Å². The minimum Gasteiger partial charge on any atom is -0.438 e. The summed E-state index contributed by atoms with van der Waals surface area (Å²) in [5.41, 5.74) is 2.88. The maximum absolute atomic E-state index is 11.6. The summed E-state index contributed by atoms with van der Waals surface area (Å²) >= 11 is 0. The monoisotopic (exact) mass is 402 g/mol. The Kier molecular flexibility index (Phi) is 5.74. The average Bonchev–Trinajstić information content (AvgIpc) is 2.71. The normalized spacial score (nSPS) is 10.2. The first kappa shape index (κ1) is 20.5. The van der Waals surface area contributed by atoms with Crippen LogP contribution in [0.1, 0.15) is 34.0 Å². The zero-order valence-corrected chi connectivity index (χ0v) is 16.6. The predicted octanol–water partition coefficient (Wildman–Crippen LogP) is 5.22. The molecule has 0 aliphatic rings. The number of hydrogen-bond donors (Lipinski definition) is 1. The number of rotatable bonds is 6. The Bertz CT molecular complexity index is 1160. The number of ether oxygens (including phenoxy) is 1. The number of nitriles is 1. The summed E-state index contributed by atoms with van der Waals surface area (Å²) in [7, 11) is 0. The van der Waals surface area contributed by atoms with Crippen molar-refractivity contribution >= 4 is 23.0 Å². The van der Waals surface area contributed by atoms with Crippen molar-refractivity contribution in [3.8, 4) is 17.7 Å². The SMILES string of the molecule is CC(=O)c1cc(C)c(Oc2ccc([N+](=O)[O-])c(Nc3ccc(C#N)cc3)n2)c(C)c1. The smallest absolute Gasteiger partial charge is 0.311 e. The number of aromatic nitrogens is 1. The highest BCUT2D eigenvalue weighted by atomic mass is 16.6. The van der Waals surface area contributed by atoms with Gasteiger partial charge in [-0.1, -0.05) is 0 Å². The number of nitrogens with one attached hydrogen (secondary N) is 1. The van der Waals surface area contributed by atoms with Gasteiger partial charge in [0.05, 0.1) is 16.6 Å². The lowest BCUT2D eigenvalue weighted by molar-refractivity contribution is -0.384. The maximum atomic E-state index is 11.6. The van der Waals surface area contributed by atoms with Crippen molar-refractivity contribution in [2.24, 2.45) is 0 Å². The fraction of sp³-hybridized carbons (Fsp3) is 0.136. The standard InChI is InChI=1S/C22H18N4O4/c1-13-10-17(15(3)27)11-14(2)21(13)30-20-9-8-19(26(28)29)22(25-20)24-18-6-4-16(12-23)5-7-18/h4-11H,1-3H3,(H,24,25). The molecular weight excluding hydrogens is 384 g/mol. The number of anilines is 2. The molecule has 150 valence electrons. The molecule has 3 rings (SSSR count). The predicted molar refractivity (Wildman–Crippen MR) is 111 cm³/mol. The highest BCUT2D eigenvalue weighted by Crippen LogP contribution is 2.33. The fourth-order valence-electron chi connectivity index (χ4n) is 2.91. The van der Waals surface area contributed by atoms with Crippen LogP contribution in [0.4, 0.5) is 17.2 Å². The molecule has 0 aliphatic carbocycles.